The third kappa shape index (κ3) is 4.89. The van der Waals surface area contributed by atoms with E-state index in [2.05, 4.69) is 25.8 Å². The van der Waals surface area contributed by atoms with Crippen molar-refractivity contribution in [1.82, 2.24) is 5.09 Å². The second-order valence-corrected chi connectivity index (χ2v) is 5.22. The van der Waals surface area contributed by atoms with Crippen LogP contribution in [0.2, 0.25) is 0 Å². The Bertz CT molecular complexity index is 409. The summed E-state index contributed by atoms with van der Waals surface area (Å²) < 4.78 is 22.1. The third-order valence-corrected chi connectivity index (χ3v) is 3.53. The van der Waals surface area contributed by atoms with Gasteiger partial charge < -0.3 is 9.26 Å². The lowest BCUT2D eigenvalue weighted by atomic mass is 10.3. The fourth-order valence-electron chi connectivity index (χ4n) is 1.05. The lowest BCUT2D eigenvalue weighted by molar-refractivity contribution is -0.142. The van der Waals surface area contributed by atoms with Gasteiger partial charge in [-0.15, -0.1) is 0 Å². The molecule has 1 aromatic carbocycles. The molecule has 0 radical (unpaired) electrons. The quantitative estimate of drug-likeness (QED) is 0.666. The summed E-state index contributed by atoms with van der Waals surface area (Å²) in [5.74, 6) is -0.00980. The van der Waals surface area contributed by atoms with E-state index in [-0.39, 0.29) is 0 Å². The van der Waals surface area contributed by atoms with Gasteiger partial charge >= 0.3 is 14.1 Å². The molecule has 5 nitrogen and oxygen atoms in total. The summed E-state index contributed by atoms with van der Waals surface area (Å²) in [6, 6.07) is 6.23. The van der Waals surface area contributed by atoms with E-state index in [1.807, 2.05) is 0 Å². The summed E-state index contributed by atoms with van der Waals surface area (Å²) in [6.07, 6.45) is 0. The molecule has 7 heteroatoms. The number of esters is 1. The van der Waals surface area contributed by atoms with Gasteiger partial charge in [-0.1, -0.05) is 15.9 Å². The van der Waals surface area contributed by atoms with E-state index in [9.17, 15) is 9.36 Å². The van der Waals surface area contributed by atoms with Crippen LogP contribution in [0.5, 0.6) is 5.75 Å². The van der Waals surface area contributed by atoms with Gasteiger partial charge in [-0.05, 0) is 31.2 Å². The van der Waals surface area contributed by atoms with E-state index in [1.54, 1.807) is 31.2 Å². The fourth-order valence-corrected chi connectivity index (χ4v) is 2.20. The first kappa shape index (κ1) is 14.2. The maximum atomic E-state index is 11.6. The van der Waals surface area contributed by atoms with Crippen LogP contribution in [-0.4, -0.2) is 19.1 Å². The molecule has 1 N–H and O–H groups in total. The van der Waals surface area contributed by atoms with E-state index in [4.69, 9.17) is 4.52 Å². The molecule has 0 amide bonds. The smallest absolute Gasteiger partial charge is 0.323 e. The highest BCUT2D eigenvalue weighted by Crippen LogP contribution is 2.25. The molecular weight excluding hydrogens is 309 g/mol. The van der Waals surface area contributed by atoms with Gasteiger partial charge in [0, 0.05) is 4.47 Å². The van der Waals surface area contributed by atoms with Crippen LogP contribution in [0.15, 0.2) is 28.7 Å². The second-order valence-electron chi connectivity index (χ2n) is 3.23. The molecule has 0 fully saturated rings. The van der Waals surface area contributed by atoms with Crippen molar-refractivity contribution in [3.63, 3.8) is 0 Å². The van der Waals surface area contributed by atoms with Gasteiger partial charge in [0.2, 0.25) is 0 Å². The number of methoxy groups -OCH3 is 1. The Labute approximate surface area is 109 Å². The Hall–Kier alpha value is -0.840. The van der Waals surface area contributed by atoms with Crippen molar-refractivity contribution in [2.24, 2.45) is 0 Å². The van der Waals surface area contributed by atoms with Crippen molar-refractivity contribution in [3.05, 3.63) is 28.7 Å². The van der Waals surface area contributed by atoms with E-state index < -0.39 is 20.2 Å². The van der Waals surface area contributed by atoms with Gasteiger partial charge in [0.05, 0.1) is 7.11 Å². The Morgan fingerprint density at radius 1 is 1.41 bits per heavy atom. The first-order valence-electron chi connectivity index (χ1n) is 4.84. The zero-order valence-corrected chi connectivity index (χ0v) is 12.0. The summed E-state index contributed by atoms with van der Waals surface area (Å²) >= 11 is 3.28. The minimum atomic E-state index is -2.52. The number of nitrogens with one attached hydrogen (secondary N) is 1. The molecule has 17 heavy (non-hydrogen) atoms. The van der Waals surface area contributed by atoms with Crippen molar-refractivity contribution < 1.29 is 18.6 Å². The lowest BCUT2D eigenvalue weighted by Crippen LogP contribution is -2.30. The number of hydrogen-bond acceptors (Lipinski definition) is 4. The van der Waals surface area contributed by atoms with Gasteiger partial charge in [-0.25, -0.2) is 5.09 Å². The van der Waals surface area contributed by atoms with Gasteiger partial charge in [0.15, 0.2) is 0 Å². The monoisotopic (exact) mass is 321 g/mol. The van der Waals surface area contributed by atoms with Crippen molar-refractivity contribution in [3.8, 4) is 5.75 Å². The topological polar surface area (TPSA) is 64.6 Å². The SMILES string of the molecule is COC(=O)[C@H](C)N[PH](=O)Oc1ccc(Br)cc1. The molecule has 1 aromatic rings. The van der Waals surface area contributed by atoms with Crippen LogP contribution in [0.4, 0.5) is 0 Å². The van der Waals surface area contributed by atoms with Crippen molar-refractivity contribution in [2.75, 3.05) is 7.11 Å². The minimum absolute atomic E-state index is 0.474. The molecule has 0 saturated heterocycles. The van der Waals surface area contributed by atoms with Gasteiger partial charge in [0.25, 0.3) is 0 Å². The van der Waals surface area contributed by atoms with Crippen LogP contribution < -0.4 is 9.61 Å². The Balaban J connectivity index is 2.50. The van der Waals surface area contributed by atoms with Crippen molar-refractivity contribution in [2.45, 2.75) is 13.0 Å². The number of carbonyl (C=O) groups is 1. The van der Waals surface area contributed by atoms with Gasteiger partial charge in [-0.2, -0.15) is 0 Å². The van der Waals surface area contributed by atoms with Crippen LogP contribution in [0.3, 0.4) is 0 Å². The largest absolute Gasteiger partial charge is 0.468 e. The molecule has 94 valence electrons. The zero-order chi connectivity index (χ0) is 12.8. The average Bonchev–Trinajstić information content (AvgIpc) is 2.30. The molecule has 0 aliphatic carbocycles. The normalized spacial score (nSPS) is 13.8. The van der Waals surface area contributed by atoms with Gasteiger partial charge in [-0.3, -0.25) is 9.36 Å². The zero-order valence-electron chi connectivity index (χ0n) is 9.40. The molecule has 0 aromatic heterocycles. The van der Waals surface area contributed by atoms with Crippen LogP contribution in [0.1, 0.15) is 6.92 Å². The summed E-state index contributed by atoms with van der Waals surface area (Å²) in [4.78, 5) is 11.1. The third-order valence-electron chi connectivity index (χ3n) is 1.91. The minimum Gasteiger partial charge on any atom is -0.468 e. The number of benzene rings is 1. The van der Waals surface area contributed by atoms with Crippen molar-refractivity contribution in [1.29, 1.82) is 0 Å². The standard InChI is InChI=1S/C10H13BrNO4P/c1-7(10(13)15-2)12-17(14)16-9-5-3-8(11)4-6-9/h3-7,17H,1-2H3,(H,12,14)/t7-/m0/s1. The van der Waals surface area contributed by atoms with Crippen LogP contribution in [0, 0.1) is 0 Å². The molecule has 1 rings (SSSR count). The fraction of sp³-hybridized carbons (Fsp3) is 0.300. The molecule has 0 aliphatic rings. The Morgan fingerprint density at radius 3 is 2.53 bits per heavy atom. The lowest BCUT2D eigenvalue weighted by Gasteiger charge is -2.12. The predicted octanol–water partition coefficient (Wildman–Crippen LogP) is 2.37. The van der Waals surface area contributed by atoms with Crippen LogP contribution in [0.25, 0.3) is 0 Å². The highest BCUT2D eigenvalue weighted by atomic mass is 79.9. The predicted molar refractivity (Wildman–Crippen MR) is 68.4 cm³/mol. The summed E-state index contributed by atoms with van der Waals surface area (Å²) in [6.45, 7) is 1.55. The number of ether oxygens (including phenoxy) is 1. The molecular formula is C10H13BrNO4P. The first-order chi connectivity index (χ1) is 8.02. The number of halogens is 1. The molecule has 0 aliphatic heterocycles. The van der Waals surface area contributed by atoms with E-state index in [0.717, 1.165) is 4.47 Å². The average molecular weight is 322 g/mol. The first-order valence-corrected chi connectivity index (χ1v) is 6.95. The molecule has 1 unspecified atom stereocenters. The van der Waals surface area contributed by atoms with Crippen LogP contribution >= 0.6 is 24.1 Å². The van der Waals surface area contributed by atoms with Crippen LogP contribution in [-0.2, 0) is 14.1 Å². The van der Waals surface area contributed by atoms with E-state index in [0.29, 0.717) is 5.75 Å². The number of rotatable bonds is 5. The van der Waals surface area contributed by atoms with E-state index >= 15 is 0 Å². The molecule has 0 spiro atoms. The molecule has 0 heterocycles. The number of hydrogen-bond donors (Lipinski definition) is 1. The Morgan fingerprint density at radius 2 is 2.00 bits per heavy atom. The maximum Gasteiger partial charge on any atom is 0.323 e. The van der Waals surface area contributed by atoms with Crippen molar-refractivity contribution >= 4 is 30.1 Å². The highest BCUT2D eigenvalue weighted by Gasteiger charge is 2.15. The van der Waals surface area contributed by atoms with Gasteiger partial charge in [0.1, 0.15) is 11.8 Å². The second kappa shape index (κ2) is 6.79. The summed E-state index contributed by atoms with van der Waals surface area (Å²) in [5.41, 5.74) is 0. The summed E-state index contributed by atoms with van der Waals surface area (Å²) in [5, 5.41) is 2.53. The number of carbonyl (C=O) groups excluding carboxylic acids is 1. The van der Waals surface area contributed by atoms with E-state index in [1.165, 1.54) is 7.11 Å². The molecule has 0 saturated carbocycles. The molecule has 2 atom stereocenters. The summed E-state index contributed by atoms with van der Waals surface area (Å²) in [7, 11) is -1.25. The molecule has 0 bridgehead atoms. The highest BCUT2D eigenvalue weighted by molar-refractivity contribution is 9.10. The Kier molecular flexibility index (Phi) is 5.68. The maximum absolute atomic E-state index is 11.6.